The van der Waals surface area contributed by atoms with Gasteiger partial charge in [-0.2, -0.15) is 0 Å². The number of aliphatic hydroxyl groups excluding tert-OH is 1. The predicted molar refractivity (Wildman–Crippen MR) is 83.0 cm³/mol. The van der Waals surface area contributed by atoms with Crippen molar-refractivity contribution in [1.82, 2.24) is 4.98 Å². The molecule has 0 aliphatic heterocycles. The van der Waals surface area contributed by atoms with E-state index in [1.54, 1.807) is 12.4 Å². The number of pyridine rings is 1. The Hall–Kier alpha value is -1.39. The first-order chi connectivity index (χ1) is 9.63. The van der Waals surface area contributed by atoms with Gasteiger partial charge >= 0.3 is 0 Å². The van der Waals surface area contributed by atoms with Crippen molar-refractivity contribution in [2.24, 2.45) is 0 Å². The lowest BCUT2D eigenvalue weighted by Gasteiger charge is -2.15. The Bertz CT molecular complexity index is 586. The van der Waals surface area contributed by atoms with Crippen LogP contribution in [0.15, 0.2) is 41.1 Å². The van der Waals surface area contributed by atoms with E-state index < -0.39 is 6.10 Å². The van der Waals surface area contributed by atoms with E-state index in [1.165, 1.54) is 0 Å². The van der Waals surface area contributed by atoms with Crippen LogP contribution in [0.2, 0.25) is 0 Å². The SMILES string of the molecule is CCCOc1cncc(C(O)c2cccc(Br)c2C)c1. The number of ether oxygens (including phenoxy) is 1. The molecule has 1 unspecified atom stereocenters. The molecule has 1 heterocycles. The topological polar surface area (TPSA) is 42.4 Å². The fourth-order valence-electron chi connectivity index (χ4n) is 1.98. The van der Waals surface area contributed by atoms with E-state index in [9.17, 15) is 5.11 Å². The van der Waals surface area contributed by atoms with Gasteiger partial charge in [0.15, 0.2) is 0 Å². The van der Waals surface area contributed by atoms with E-state index in [-0.39, 0.29) is 0 Å². The van der Waals surface area contributed by atoms with E-state index in [0.29, 0.717) is 12.4 Å². The summed E-state index contributed by atoms with van der Waals surface area (Å²) in [4.78, 5) is 4.14. The van der Waals surface area contributed by atoms with Gasteiger partial charge in [0.25, 0.3) is 0 Å². The first kappa shape index (κ1) is 15.0. The molecular formula is C16H18BrNO2. The zero-order valence-electron chi connectivity index (χ0n) is 11.6. The van der Waals surface area contributed by atoms with Crippen LogP contribution in [-0.2, 0) is 0 Å². The standard InChI is InChI=1S/C16H18BrNO2/c1-3-7-20-13-8-12(9-18-10-13)16(19)14-5-4-6-15(17)11(14)2/h4-6,8-10,16,19H,3,7H2,1-2H3. The molecule has 0 bridgehead atoms. The average Bonchev–Trinajstić information content (AvgIpc) is 2.47. The normalized spacial score (nSPS) is 12.2. The molecule has 0 fully saturated rings. The second kappa shape index (κ2) is 6.86. The molecule has 0 amide bonds. The highest BCUT2D eigenvalue weighted by molar-refractivity contribution is 9.10. The van der Waals surface area contributed by atoms with Gasteiger partial charge in [0.2, 0.25) is 0 Å². The number of aliphatic hydroxyl groups is 1. The average molecular weight is 336 g/mol. The van der Waals surface area contributed by atoms with Crippen LogP contribution in [0, 0.1) is 6.92 Å². The van der Waals surface area contributed by atoms with Crippen molar-refractivity contribution in [3.8, 4) is 5.75 Å². The molecule has 0 saturated carbocycles. The van der Waals surface area contributed by atoms with Crippen molar-refractivity contribution in [1.29, 1.82) is 0 Å². The van der Waals surface area contributed by atoms with Crippen LogP contribution >= 0.6 is 15.9 Å². The van der Waals surface area contributed by atoms with Gasteiger partial charge in [0, 0.05) is 16.2 Å². The van der Waals surface area contributed by atoms with E-state index in [0.717, 1.165) is 27.6 Å². The van der Waals surface area contributed by atoms with Gasteiger partial charge in [-0.15, -0.1) is 0 Å². The molecule has 106 valence electrons. The van der Waals surface area contributed by atoms with Crippen LogP contribution in [0.25, 0.3) is 0 Å². The Labute approximate surface area is 127 Å². The van der Waals surface area contributed by atoms with Crippen LogP contribution in [0.5, 0.6) is 5.75 Å². The van der Waals surface area contributed by atoms with Crippen LogP contribution in [0.3, 0.4) is 0 Å². The molecule has 0 radical (unpaired) electrons. The van der Waals surface area contributed by atoms with Crippen molar-refractivity contribution in [3.63, 3.8) is 0 Å². The largest absolute Gasteiger partial charge is 0.492 e. The molecule has 0 saturated heterocycles. The fourth-order valence-corrected chi connectivity index (χ4v) is 2.37. The Morgan fingerprint density at radius 2 is 2.15 bits per heavy atom. The highest BCUT2D eigenvalue weighted by atomic mass is 79.9. The number of rotatable bonds is 5. The van der Waals surface area contributed by atoms with Gasteiger partial charge in [-0.25, -0.2) is 0 Å². The molecule has 1 aromatic heterocycles. The monoisotopic (exact) mass is 335 g/mol. The van der Waals surface area contributed by atoms with Crippen molar-refractivity contribution < 1.29 is 9.84 Å². The summed E-state index contributed by atoms with van der Waals surface area (Å²) < 4.78 is 6.54. The highest BCUT2D eigenvalue weighted by Gasteiger charge is 2.15. The summed E-state index contributed by atoms with van der Waals surface area (Å²) in [5.41, 5.74) is 2.63. The molecule has 0 aliphatic rings. The third kappa shape index (κ3) is 3.38. The maximum Gasteiger partial charge on any atom is 0.137 e. The minimum Gasteiger partial charge on any atom is -0.492 e. The fraction of sp³-hybridized carbons (Fsp3) is 0.312. The minimum absolute atomic E-state index is 0.650. The summed E-state index contributed by atoms with van der Waals surface area (Å²) in [6.07, 6.45) is 3.58. The summed E-state index contributed by atoms with van der Waals surface area (Å²) in [6.45, 7) is 4.68. The lowest BCUT2D eigenvalue weighted by Crippen LogP contribution is -2.04. The highest BCUT2D eigenvalue weighted by Crippen LogP contribution is 2.29. The number of hydrogen-bond donors (Lipinski definition) is 1. The molecule has 1 N–H and O–H groups in total. The van der Waals surface area contributed by atoms with Gasteiger partial charge in [0.05, 0.1) is 12.8 Å². The zero-order chi connectivity index (χ0) is 14.5. The third-order valence-corrected chi connectivity index (χ3v) is 3.99. The Kier molecular flexibility index (Phi) is 5.15. The lowest BCUT2D eigenvalue weighted by atomic mass is 9.99. The third-order valence-electron chi connectivity index (χ3n) is 3.13. The van der Waals surface area contributed by atoms with E-state index in [2.05, 4.69) is 27.8 Å². The number of benzene rings is 1. The summed E-state index contributed by atoms with van der Waals surface area (Å²) in [6, 6.07) is 7.64. The molecule has 2 aromatic rings. The quantitative estimate of drug-likeness (QED) is 0.897. The molecule has 0 aliphatic carbocycles. The van der Waals surface area contributed by atoms with Crippen molar-refractivity contribution in [3.05, 3.63) is 57.8 Å². The maximum atomic E-state index is 10.5. The Morgan fingerprint density at radius 1 is 1.35 bits per heavy atom. The minimum atomic E-state index is -0.704. The maximum absolute atomic E-state index is 10.5. The van der Waals surface area contributed by atoms with Crippen LogP contribution in [0.1, 0.15) is 36.1 Å². The molecule has 3 nitrogen and oxygen atoms in total. The van der Waals surface area contributed by atoms with Crippen LogP contribution in [-0.4, -0.2) is 16.7 Å². The Balaban J connectivity index is 2.28. The van der Waals surface area contributed by atoms with Crippen molar-refractivity contribution in [2.45, 2.75) is 26.4 Å². The van der Waals surface area contributed by atoms with Gasteiger partial charge in [-0.1, -0.05) is 35.0 Å². The van der Waals surface area contributed by atoms with E-state index in [4.69, 9.17) is 4.74 Å². The number of nitrogens with zero attached hydrogens (tertiary/aromatic N) is 1. The molecule has 0 spiro atoms. The summed E-state index contributed by atoms with van der Waals surface area (Å²) in [7, 11) is 0. The number of halogens is 1. The van der Waals surface area contributed by atoms with Crippen molar-refractivity contribution in [2.75, 3.05) is 6.61 Å². The molecule has 2 rings (SSSR count). The second-order valence-electron chi connectivity index (χ2n) is 4.66. The predicted octanol–water partition coefficient (Wildman–Crippen LogP) is 4.02. The summed E-state index contributed by atoms with van der Waals surface area (Å²) >= 11 is 3.48. The zero-order valence-corrected chi connectivity index (χ0v) is 13.2. The van der Waals surface area contributed by atoms with Gasteiger partial charge in [0.1, 0.15) is 11.9 Å². The molecular weight excluding hydrogens is 318 g/mol. The molecule has 4 heteroatoms. The van der Waals surface area contributed by atoms with Gasteiger partial charge in [-0.3, -0.25) is 4.98 Å². The summed E-state index contributed by atoms with van der Waals surface area (Å²) in [5, 5.41) is 10.5. The first-order valence-corrected chi connectivity index (χ1v) is 7.43. The molecule has 20 heavy (non-hydrogen) atoms. The first-order valence-electron chi connectivity index (χ1n) is 6.64. The number of aromatic nitrogens is 1. The van der Waals surface area contributed by atoms with Crippen LogP contribution < -0.4 is 4.74 Å². The van der Waals surface area contributed by atoms with Gasteiger partial charge in [-0.05, 0) is 36.6 Å². The van der Waals surface area contributed by atoms with E-state index >= 15 is 0 Å². The Morgan fingerprint density at radius 3 is 2.90 bits per heavy atom. The smallest absolute Gasteiger partial charge is 0.137 e. The second-order valence-corrected chi connectivity index (χ2v) is 5.51. The van der Waals surface area contributed by atoms with Crippen molar-refractivity contribution >= 4 is 15.9 Å². The molecule has 1 aromatic carbocycles. The molecule has 1 atom stereocenters. The summed E-state index contributed by atoms with van der Waals surface area (Å²) in [5.74, 6) is 0.691. The van der Waals surface area contributed by atoms with Gasteiger partial charge < -0.3 is 9.84 Å². The van der Waals surface area contributed by atoms with Crippen LogP contribution in [0.4, 0.5) is 0 Å². The number of hydrogen-bond acceptors (Lipinski definition) is 3. The lowest BCUT2D eigenvalue weighted by molar-refractivity contribution is 0.218. The van der Waals surface area contributed by atoms with E-state index in [1.807, 2.05) is 31.2 Å².